The highest BCUT2D eigenvalue weighted by Crippen LogP contribution is 2.12. The van der Waals surface area contributed by atoms with Crippen LogP contribution in [0.25, 0.3) is 0 Å². The predicted octanol–water partition coefficient (Wildman–Crippen LogP) is 2.87. The quantitative estimate of drug-likeness (QED) is 0.795. The van der Waals surface area contributed by atoms with E-state index in [1.807, 2.05) is 6.92 Å². The summed E-state index contributed by atoms with van der Waals surface area (Å²) in [6, 6.07) is 6.80. The first-order valence-electron chi connectivity index (χ1n) is 4.53. The molecule has 1 aromatic rings. The fraction of sp³-hybridized carbons (Fsp3) is 0.300. The first-order valence-corrected chi connectivity index (χ1v) is 4.90. The summed E-state index contributed by atoms with van der Waals surface area (Å²) in [4.78, 5) is 11.2. The Morgan fingerprint density at radius 3 is 2.57 bits per heavy atom. The number of halogens is 1. The molecule has 0 aliphatic rings. The Morgan fingerprint density at radius 1 is 1.36 bits per heavy atom. The minimum absolute atomic E-state index is 0.186. The molecule has 3 nitrogen and oxygen atoms in total. The summed E-state index contributed by atoms with van der Waals surface area (Å²) in [5.41, 5.74) is 0.739. The summed E-state index contributed by atoms with van der Waals surface area (Å²) in [5.74, 6) is 0. The molecule has 1 aromatic carbocycles. The van der Waals surface area contributed by atoms with E-state index in [4.69, 9.17) is 11.6 Å². The van der Waals surface area contributed by atoms with Gasteiger partial charge in [-0.05, 0) is 30.7 Å². The summed E-state index contributed by atoms with van der Waals surface area (Å²) in [6.07, 6.45) is 0.925. The first-order chi connectivity index (χ1) is 6.72. The van der Waals surface area contributed by atoms with Crippen molar-refractivity contribution in [3.8, 4) is 0 Å². The molecule has 4 heteroatoms. The van der Waals surface area contributed by atoms with Crippen LogP contribution in [0.1, 0.15) is 13.3 Å². The molecule has 0 aliphatic carbocycles. The molecular weight excluding hydrogens is 200 g/mol. The van der Waals surface area contributed by atoms with Crippen LogP contribution in [0.2, 0.25) is 5.02 Å². The topological polar surface area (TPSA) is 41.1 Å². The number of hydrogen-bond donors (Lipinski definition) is 2. The van der Waals surface area contributed by atoms with Crippen LogP contribution < -0.4 is 10.6 Å². The molecule has 0 aliphatic heterocycles. The fourth-order valence-electron chi connectivity index (χ4n) is 0.947. The van der Waals surface area contributed by atoms with E-state index in [-0.39, 0.29) is 6.03 Å². The largest absolute Gasteiger partial charge is 0.338 e. The lowest BCUT2D eigenvalue weighted by Crippen LogP contribution is -2.29. The maximum Gasteiger partial charge on any atom is 0.319 e. The van der Waals surface area contributed by atoms with E-state index in [1.165, 1.54) is 0 Å². The average molecular weight is 213 g/mol. The number of urea groups is 1. The van der Waals surface area contributed by atoms with Crippen molar-refractivity contribution in [3.05, 3.63) is 29.3 Å². The molecule has 2 N–H and O–H groups in total. The first kappa shape index (κ1) is 10.9. The third-order valence-corrected chi connectivity index (χ3v) is 1.89. The SMILES string of the molecule is CCCNC(=O)Nc1ccc(Cl)cc1. The molecule has 0 radical (unpaired) electrons. The zero-order chi connectivity index (χ0) is 10.4. The molecule has 0 unspecified atom stereocenters. The van der Waals surface area contributed by atoms with E-state index >= 15 is 0 Å². The minimum atomic E-state index is -0.186. The molecule has 0 saturated carbocycles. The molecule has 0 fully saturated rings. The van der Waals surface area contributed by atoms with Gasteiger partial charge in [0.25, 0.3) is 0 Å². The second-order valence-electron chi connectivity index (χ2n) is 2.89. The highest BCUT2D eigenvalue weighted by molar-refractivity contribution is 6.30. The third kappa shape index (κ3) is 3.66. The van der Waals surface area contributed by atoms with Gasteiger partial charge in [0.2, 0.25) is 0 Å². The molecule has 0 atom stereocenters. The number of rotatable bonds is 3. The lowest BCUT2D eigenvalue weighted by Gasteiger charge is -2.05. The normalized spacial score (nSPS) is 9.57. The Hall–Kier alpha value is -1.22. The lowest BCUT2D eigenvalue weighted by atomic mass is 10.3. The highest BCUT2D eigenvalue weighted by atomic mass is 35.5. The van der Waals surface area contributed by atoms with Crippen molar-refractivity contribution >= 4 is 23.3 Å². The van der Waals surface area contributed by atoms with Gasteiger partial charge >= 0.3 is 6.03 Å². The van der Waals surface area contributed by atoms with E-state index < -0.39 is 0 Å². The number of carbonyl (C=O) groups is 1. The van der Waals surface area contributed by atoms with Crippen LogP contribution in [-0.2, 0) is 0 Å². The van der Waals surface area contributed by atoms with Gasteiger partial charge in [0.15, 0.2) is 0 Å². The van der Waals surface area contributed by atoms with E-state index in [0.29, 0.717) is 11.6 Å². The summed E-state index contributed by atoms with van der Waals surface area (Å²) in [6.45, 7) is 2.68. The van der Waals surface area contributed by atoms with Gasteiger partial charge < -0.3 is 10.6 Å². The molecule has 0 saturated heterocycles. The van der Waals surface area contributed by atoms with Crippen molar-refractivity contribution < 1.29 is 4.79 Å². The van der Waals surface area contributed by atoms with Gasteiger partial charge in [-0.1, -0.05) is 18.5 Å². The van der Waals surface area contributed by atoms with Crippen molar-refractivity contribution in [2.75, 3.05) is 11.9 Å². The Morgan fingerprint density at radius 2 is 2.00 bits per heavy atom. The maximum absolute atomic E-state index is 11.2. The molecule has 0 bridgehead atoms. The Labute approximate surface area is 88.5 Å². The van der Waals surface area contributed by atoms with Crippen LogP contribution in [0.3, 0.4) is 0 Å². The predicted molar refractivity (Wildman–Crippen MR) is 58.8 cm³/mol. The average Bonchev–Trinajstić information content (AvgIpc) is 2.18. The van der Waals surface area contributed by atoms with Crippen LogP contribution in [0.4, 0.5) is 10.5 Å². The van der Waals surface area contributed by atoms with Crippen LogP contribution in [-0.4, -0.2) is 12.6 Å². The van der Waals surface area contributed by atoms with Gasteiger partial charge in [-0.3, -0.25) is 0 Å². The second-order valence-corrected chi connectivity index (χ2v) is 3.32. The molecule has 0 heterocycles. The zero-order valence-corrected chi connectivity index (χ0v) is 8.77. The molecule has 0 aromatic heterocycles. The monoisotopic (exact) mass is 212 g/mol. The van der Waals surface area contributed by atoms with Crippen LogP contribution in [0, 0.1) is 0 Å². The number of benzene rings is 1. The Kier molecular flexibility index (Phi) is 4.26. The minimum Gasteiger partial charge on any atom is -0.338 e. The lowest BCUT2D eigenvalue weighted by molar-refractivity contribution is 0.252. The summed E-state index contributed by atoms with van der Waals surface area (Å²) < 4.78 is 0. The van der Waals surface area contributed by atoms with Gasteiger partial charge in [0, 0.05) is 17.3 Å². The third-order valence-electron chi connectivity index (χ3n) is 1.64. The Balaban J connectivity index is 2.44. The van der Waals surface area contributed by atoms with E-state index in [0.717, 1.165) is 12.1 Å². The second kappa shape index (κ2) is 5.50. The number of hydrogen-bond acceptors (Lipinski definition) is 1. The molecule has 1 rings (SSSR count). The summed E-state index contributed by atoms with van der Waals surface area (Å²) in [7, 11) is 0. The fourth-order valence-corrected chi connectivity index (χ4v) is 1.07. The van der Waals surface area contributed by atoms with Crippen molar-refractivity contribution in [2.45, 2.75) is 13.3 Å². The maximum atomic E-state index is 11.2. The highest BCUT2D eigenvalue weighted by Gasteiger charge is 1.98. The van der Waals surface area contributed by atoms with Gasteiger partial charge in [-0.2, -0.15) is 0 Å². The van der Waals surface area contributed by atoms with Gasteiger partial charge in [0.1, 0.15) is 0 Å². The number of amides is 2. The summed E-state index contributed by atoms with van der Waals surface area (Å²) >= 11 is 5.70. The number of nitrogens with one attached hydrogen (secondary N) is 2. The van der Waals surface area contributed by atoms with Crippen molar-refractivity contribution in [3.63, 3.8) is 0 Å². The number of carbonyl (C=O) groups excluding carboxylic acids is 1. The van der Waals surface area contributed by atoms with Crippen LogP contribution >= 0.6 is 11.6 Å². The standard InChI is InChI=1S/C10H13ClN2O/c1-2-7-12-10(14)13-9-5-3-8(11)4-6-9/h3-6H,2,7H2,1H3,(H2,12,13,14). The Bertz CT molecular complexity index is 297. The van der Waals surface area contributed by atoms with E-state index in [1.54, 1.807) is 24.3 Å². The number of anilines is 1. The van der Waals surface area contributed by atoms with Crippen molar-refractivity contribution in [2.24, 2.45) is 0 Å². The van der Waals surface area contributed by atoms with Crippen molar-refractivity contribution in [1.82, 2.24) is 5.32 Å². The smallest absolute Gasteiger partial charge is 0.319 e. The molecule has 76 valence electrons. The summed E-state index contributed by atoms with van der Waals surface area (Å²) in [5, 5.41) is 6.06. The van der Waals surface area contributed by atoms with Crippen LogP contribution in [0.15, 0.2) is 24.3 Å². The van der Waals surface area contributed by atoms with E-state index in [9.17, 15) is 4.79 Å². The van der Waals surface area contributed by atoms with Crippen molar-refractivity contribution in [1.29, 1.82) is 0 Å². The molecule has 14 heavy (non-hydrogen) atoms. The molecular formula is C10H13ClN2O. The van der Waals surface area contributed by atoms with E-state index in [2.05, 4.69) is 10.6 Å². The van der Waals surface area contributed by atoms with Gasteiger partial charge in [-0.15, -0.1) is 0 Å². The van der Waals surface area contributed by atoms with Gasteiger partial charge in [0.05, 0.1) is 0 Å². The van der Waals surface area contributed by atoms with Gasteiger partial charge in [-0.25, -0.2) is 4.79 Å². The molecule has 2 amide bonds. The zero-order valence-electron chi connectivity index (χ0n) is 8.01. The van der Waals surface area contributed by atoms with Crippen LogP contribution in [0.5, 0.6) is 0 Å². The molecule has 0 spiro atoms.